The molecule has 1 saturated heterocycles. The zero-order chi connectivity index (χ0) is 12.4. The summed E-state index contributed by atoms with van der Waals surface area (Å²) in [6.07, 6.45) is 2.29. The van der Waals surface area contributed by atoms with Crippen LogP contribution < -0.4 is 0 Å². The van der Waals surface area contributed by atoms with E-state index in [0.717, 1.165) is 13.0 Å². The van der Waals surface area contributed by atoms with Gasteiger partial charge in [-0.15, -0.1) is 0 Å². The van der Waals surface area contributed by atoms with E-state index in [-0.39, 0.29) is 5.91 Å². The van der Waals surface area contributed by atoms with Crippen LogP contribution in [0.25, 0.3) is 0 Å². The number of hydrogen-bond acceptors (Lipinski definition) is 2. The van der Waals surface area contributed by atoms with Crippen molar-refractivity contribution < 1.29 is 4.79 Å². The molecule has 0 bridgehead atoms. The van der Waals surface area contributed by atoms with Crippen LogP contribution in [0.2, 0.25) is 0 Å². The van der Waals surface area contributed by atoms with Gasteiger partial charge in [0, 0.05) is 12.6 Å². The van der Waals surface area contributed by atoms with E-state index >= 15 is 0 Å². The van der Waals surface area contributed by atoms with E-state index in [0.29, 0.717) is 22.3 Å². The van der Waals surface area contributed by atoms with Gasteiger partial charge in [0.15, 0.2) is 0 Å². The van der Waals surface area contributed by atoms with Gasteiger partial charge in [0.1, 0.15) is 10.3 Å². The molecule has 2 atom stereocenters. The first-order valence-corrected chi connectivity index (χ1v) is 6.82. The van der Waals surface area contributed by atoms with Crippen LogP contribution in [-0.2, 0) is 0 Å². The average molecular weight is 297 g/mol. The summed E-state index contributed by atoms with van der Waals surface area (Å²) in [5, 5.41) is 0. The van der Waals surface area contributed by atoms with Crippen molar-refractivity contribution in [3.63, 3.8) is 0 Å². The van der Waals surface area contributed by atoms with Gasteiger partial charge in [0.05, 0.1) is 0 Å². The molecular formula is C13H17BrN2O. The third kappa shape index (κ3) is 2.68. The molecule has 3 nitrogen and oxygen atoms in total. The maximum atomic E-state index is 12.4. The molecule has 1 aliphatic rings. The largest absolute Gasteiger partial charge is 0.334 e. The Labute approximate surface area is 110 Å². The van der Waals surface area contributed by atoms with Crippen LogP contribution in [0.15, 0.2) is 22.8 Å². The Bertz CT molecular complexity index is 422. The summed E-state index contributed by atoms with van der Waals surface area (Å²) in [6, 6.07) is 5.76. The molecule has 17 heavy (non-hydrogen) atoms. The molecule has 1 aromatic rings. The second kappa shape index (κ2) is 5.17. The summed E-state index contributed by atoms with van der Waals surface area (Å²) in [7, 11) is 0. The lowest BCUT2D eigenvalue weighted by Crippen LogP contribution is -2.46. The van der Waals surface area contributed by atoms with E-state index < -0.39 is 0 Å². The summed E-state index contributed by atoms with van der Waals surface area (Å²) in [5.41, 5.74) is 0.528. The molecule has 2 heterocycles. The minimum atomic E-state index is 0.0466. The van der Waals surface area contributed by atoms with Crippen LogP contribution in [0.4, 0.5) is 0 Å². The highest BCUT2D eigenvalue weighted by Gasteiger charge is 2.29. The van der Waals surface area contributed by atoms with E-state index in [2.05, 4.69) is 34.8 Å². The number of amides is 1. The van der Waals surface area contributed by atoms with Gasteiger partial charge in [-0.3, -0.25) is 4.79 Å². The maximum absolute atomic E-state index is 12.4. The number of piperidine rings is 1. The number of rotatable bonds is 1. The number of carbonyl (C=O) groups excluding carboxylic acids is 1. The molecule has 1 amide bonds. The first-order valence-electron chi connectivity index (χ1n) is 6.03. The Morgan fingerprint density at radius 3 is 2.94 bits per heavy atom. The van der Waals surface area contributed by atoms with Crippen LogP contribution in [0.1, 0.15) is 37.2 Å². The first-order chi connectivity index (χ1) is 8.09. The highest BCUT2D eigenvalue weighted by atomic mass is 79.9. The van der Waals surface area contributed by atoms with Gasteiger partial charge in [0.2, 0.25) is 0 Å². The molecule has 1 fully saturated rings. The van der Waals surface area contributed by atoms with E-state index in [1.807, 2.05) is 17.0 Å². The normalized spacial score (nSPS) is 24.8. The average Bonchev–Trinajstić information content (AvgIpc) is 2.32. The van der Waals surface area contributed by atoms with Crippen LogP contribution >= 0.6 is 15.9 Å². The highest BCUT2D eigenvalue weighted by Crippen LogP contribution is 2.24. The van der Waals surface area contributed by atoms with Crippen molar-refractivity contribution in [2.75, 3.05) is 6.54 Å². The van der Waals surface area contributed by atoms with Crippen molar-refractivity contribution in [3.8, 4) is 0 Å². The van der Waals surface area contributed by atoms with Gasteiger partial charge in [-0.25, -0.2) is 4.98 Å². The first kappa shape index (κ1) is 12.6. The Balaban J connectivity index is 2.19. The zero-order valence-corrected chi connectivity index (χ0v) is 11.8. The van der Waals surface area contributed by atoms with Crippen molar-refractivity contribution in [2.45, 2.75) is 32.7 Å². The Kier molecular flexibility index (Phi) is 3.82. The van der Waals surface area contributed by atoms with Gasteiger partial charge in [-0.2, -0.15) is 0 Å². The van der Waals surface area contributed by atoms with Crippen molar-refractivity contribution >= 4 is 21.8 Å². The number of nitrogens with zero attached hydrogens (tertiary/aromatic N) is 2. The highest BCUT2D eigenvalue weighted by molar-refractivity contribution is 9.10. The zero-order valence-electron chi connectivity index (χ0n) is 10.2. The minimum absolute atomic E-state index is 0.0466. The predicted octanol–water partition coefficient (Wildman–Crippen LogP) is 3.10. The fourth-order valence-electron chi connectivity index (χ4n) is 2.30. The van der Waals surface area contributed by atoms with Crippen LogP contribution in [0.3, 0.4) is 0 Å². The lowest BCUT2D eigenvalue weighted by atomic mass is 9.92. The second-order valence-electron chi connectivity index (χ2n) is 4.70. The van der Waals surface area contributed by atoms with Gasteiger partial charge in [0.25, 0.3) is 5.91 Å². The smallest absolute Gasteiger partial charge is 0.272 e. The predicted molar refractivity (Wildman–Crippen MR) is 70.8 cm³/mol. The molecule has 2 rings (SSSR count). The molecule has 2 unspecified atom stereocenters. The third-order valence-corrected chi connectivity index (χ3v) is 4.01. The Hall–Kier alpha value is -0.900. The van der Waals surface area contributed by atoms with E-state index in [1.165, 1.54) is 6.42 Å². The standard InChI is InChI=1S/C13H17BrN2O/c1-9-5-4-8-16(10(9)2)13(17)11-6-3-7-12(14)15-11/h3,6-7,9-10H,4-5,8H2,1-2H3. The number of halogens is 1. The van der Waals surface area contributed by atoms with Gasteiger partial charge in [-0.05, 0) is 53.7 Å². The molecule has 0 radical (unpaired) electrons. The number of carbonyl (C=O) groups is 1. The van der Waals surface area contributed by atoms with Crippen molar-refractivity contribution in [3.05, 3.63) is 28.5 Å². The molecule has 0 N–H and O–H groups in total. The molecule has 0 aliphatic carbocycles. The fraction of sp³-hybridized carbons (Fsp3) is 0.538. The van der Waals surface area contributed by atoms with E-state index in [1.54, 1.807) is 6.07 Å². The summed E-state index contributed by atoms with van der Waals surface area (Å²) in [4.78, 5) is 18.5. The summed E-state index contributed by atoms with van der Waals surface area (Å²) < 4.78 is 0.709. The number of hydrogen-bond donors (Lipinski definition) is 0. The number of pyridine rings is 1. The SMILES string of the molecule is CC1CCCN(C(=O)c2cccc(Br)n2)C1C. The lowest BCUT2D eigenvalue weighted by molar-refractivity contribution is 0.0545. The maximum Gasteiger partial charge on any atom is 0.272 e. The van der Waals surface area contributed by atoms with Crippen molar-refractivity contribution in [2.24, 2.45) is 5.92 Å². The summed E-state index contributed by atoms with van der Waals surface area (Å²) in [6.45, 7) is 5.18. The van der Waals surface area contributed by atoms with Crippen molar-refractivity contribution in [1.82, 2.24) is 9.88 Å². The molecule has 92 valence electrons. The number of aromatic nitrogens is 1. The van der Waals surface area contributed by atoms with E-state index in [9.17, 15) is 4.79 Å². The van der Waals surface area contributed by atoms with Gasteiger partial charge in [-0.1, -0.05) is 13.0 Å². The molecule has 1 aromatic heterocycles. The van der Waals surface area contributed by atoms with Gasteiger partial charge >= 0.3 is 0 Å². The summed E-state index contributed by atoms with van der Waals surface area (Å²) in [5.74, 6) is 0.616. The molecule has 0 aromatic carbocycles. The van der Waals surface area contributed by atoms with Crippen LogP contribution in [-0.4, -0.2) is 28.4 Å². The number of likely N-dealkylation sites (tertiary alicyclic amines) is 1. The second-order valence-corrected chi connectivity index (χ2v) is 5.52. The van der Waals surface area contributed by atoms with Crippen LogP contribution in [0, 0.1) is 5.92 Å². The topological polar surface area (TPSA) is 33.2 Å². The lowest BCUT2D eigenvalue weighted by Gasteiger charge is -2.37. The molecular weight excluding hydrogens is 280 g/mol. The monoisotopic (exact) mass is 296 g/mol. The molecule has 0 spiro atoms. The Morgan fingerprint density at radius 1 is 1.47 bits per heavy atom. The Morgan fingerprint density at radius 2 is 2.24 bits per heavy atom. The summed E-state index contributed by atoms with van der Waals surface area (Å²) >= 11 is 3.30. The molecule has 1 aliphatic heterocycles. The minimum Gasteiger partial charge on any atom is -0.334 e. The quantitative estimate of drug-likeness (QED) is 0.746. The molecule has 4 heteroatoms. The molecule has 0 saturated carbocycles. The van der Waals surface area contributed by atoms with Crippen LogP contribution in [0.5, 0.6) is 0 Å². The third-order valence-electron chi connectivity index (χ3n) is 3.57. The van der Waals surface area contributed by atoms with E-state index in [4.69, 9.17) is 0 Å². The fourth-order valence-corrected chi connectivity index (χ4v) is 2.64. The van der Waals surface area contributed by atoms with Gasteiger partial charge < -0.3 is 4.90 Å². The van der Waals surface area contributed by atoms with Crippen molar-refractivity contribution in [1.29, 1.82) is 0 Å².